The second kappa shape index (κ2) is 41.2. The van der Waals surface area contributed by atoms with Crippen LogP contribution in [0.4, 0.5) is 0 Å². The third-order valence-corrected chi connectivity index (χ3v) is 10.4. The predicted molar refractivity (Wildman–Crippen MR) is 225 cm³/mol. The average Bonchev–Trinajstić information content (AvgIpc) is 3.14. The van der Waals surface area contributed by atoms with Gasteiger partial charge in [0.15, 0.2) is 6.10 Å². The van der Waals surface area contributed by atoms with Gasteiger partial charge in [-0.25, -0.2) is 4.57 Å². The van der Waals surface area contributed by atoms with Crippen molar-refractivity contribution in [2.45, 2.75) is 238 Å². The minimum atomic E-state index is -4.75. The molecule has 0 saturated carbocycles. The van der Waals surface area contributed by atoms with Gasteiger partial charge in [0.25, 0.3) is 0 Å². The minimum Gasteiger partial charge on any atom is -0.462 e. The quantitative estimate of drug-likeness (QED) is 0.0272. The summed E-state index contributed by atoms with van der Waals surface area (Å²) in [6, 6.07) is 0. The van der Waals surface area contributed by atoms with Crippen LogP contribution in [0.5, 0.6) is 0 Å². The zero-order chi connectivity index (χ0) is 39.6. The molecule has 0 aliphatic heterocycles. The lowest BCUT2D eigenvalue weighted by Crippen LogP contribution is -2.29. The highest BCUT2D eigenvalue weighted by Gasteiger charge is 2.22. The normalized spacial score (nSPS) is 12.6. The molecule has 0 fully saturated rings. The van der Waals surface area contributed by atoms with Gasteiger partial charge in [0.1, 0.15) is 6.61 Å². The molecule has 1 atom stereocenters. The number of ether oxygens (including phenoxy) is 2. The SMILES string of the molecule is CCCCCCCC/C=C\CCCCCCCCCCCC(=O)OC[C@H](COP(=O)(O)O)OC(=O)CCCCCCCCC/C=C\CCCCCCCC. The van der Waals surface area contributed by atoms with Crippen molar-refractivity contribution < 1.29 is 37.9 Å². The van der Waals surface area contributed by atoms with Crippen molar-refractivity contribution in [2.24, 2.45) is 0 Å². The zero-order valence-electron chi connectivity index (χ0n) is 35.1. The van der Waals surface area contributed by atoms with Crippen molar-refractivity contribution in [1.82, 2.24) is 0 Å². The summed E-state index contributed by atoms with van der Waals surface area (Å²) in [7, 11) is -4.75. The van der Waals surface area contributed by atoms with Gasteiger partial charge < -0.3 is 19.3 Å². The first-order valence-corrected chi connectivity index (χ1v) is 24.2. The molecule has 0 aromatic carbocycles. The fourth-order valence-electron chi connectivity index (χ4n) is 6.54. The highest BCUT2D eigenvalue weighted by atomic mass is 31.2. The molecule has 0 unspecified atom stereocenters. The highest BCUT2D eigenvalue weighted by molar-refractivity contribution is 7.46. The number of esters is 2. The van der Waals surface area contributed by atoms with Gasteiger partial charge in [0, 0.05) is 12.8 Å². The molecule has 54 heavy (non-hydrogen) atoms. The molecule has 0 heterocycles. The van der Waals surface area contributed by atoms with E-state index in [1.54, 1.807) is 0 Å². The smallest absolute Gasteiger partial charge is 0.462 e. The van der Waals surface area contributed by atoms with Crippen LogP contribution in [-0.4, -0.2) is 41.0 Å². The van der Waals surface area contributed by atoms with Gasteiger partial charge >= 0.3 is 19.8 Å². The predicted octanol–water partition coefficient (Wildman–Crippen LogP) is 14.0. The number of phosphoric acid groups is 1. The molecule has 0 spiro atoms. The largest absolute Gasteiger partial charge is 0.469 e. The average molecular weight is 785 g/mol. The van der Waals surface area contributed by atoms with Gasteiger partial charge in [0.2, 0.25) is 0 Å². The third-order valence-electron chi connectivity index (χ3n) is 9.94. The Balaban J connectivity index is 3.87. The molecular formula is C45H85O8P. The molecule has 0 rings (SSSR count). The third kappa shape index (κ3) is 43.3. The van der Waals surface area contributed by atoms with Crippen molar-refractivity contribution in [1.29, 1.82) is 0 Å². The van der Waals surface area contributed by atoms with Crippen LogP contribution in [0.25, 0.3) is 0 Å². The van der Waals surface area contributed by atoms with E-state index in [4.69, 9.17) is 19.3 Å². The topological polar surface area (TPSA) is 119 Å². The molecule has 2 N–H and O–H groups in total. The van der Waals surface area contributed by atoms with Crippen LogP contribution in [0.2, 0.25) is 0 Å². The molecule has 0 amide bonds. The Hall–Kier alpha value is -1.47. The molecular weight excluding hydrogens is 699 g/mol. The molecule has 0 aliphatic carbocycles. The summed E-state index contributed by atoms with van der Waals surface area (Å²) < 4.78 is 26.4. The summed E-state index contributed by atoms with van der Waals surface area (Å²) in [6.45, 7) is 3.70. The van der Waals surface area contributed by atoms with Crippen LogP contribution < -0.4 is 0 Å². The van der Waals surface area contributed by atoms with E-state index in [1.807, 2.05) is 0 Å². The lowest BCUT2D eigenvalue weighted by atomic mass is 10.1. The van der Waals surface area contributed by atoms with Crippen molar-refractivity contribution in [3.05, 3.63) is 24.3 Å². The highest BCUT2D eigenvalue weighted by Crippen LogP contribution is 2.36. The van der Waals surface area contributed by atoms with E-state index in [-0.39, 0.29) is 19.4 Å². The fourth-order valence-corrected chi connectivity index (χ4v) is 6.90. The van der Waals surface area contributed by atoms with Crippen LogP contribution >= 0.6 is 7.82 Å². The summed E-state index contributed by atoms with van der Waals surface area (Å²) in [5.41, 5.74) is 0. The van der Waals surface area contributed by atoms with Gasteiger partial charge in [-0.2, -0.15) is 0 Å². The van der Waals surface area contributed by atoms with Gasteiger partial charge in [-0.3, -0.25) is 14.1 Å². The number of phosphoric ester groups is 1. The van der Waals surface area contributed by atoms with Crippen LogP contribution in [-0.2, 0) is 28.2 Å². The molecule has 0 aromatic rings. The number of unbranched alkanes of at least 4 members (excludes halogenated alkanes) is 28. The van der Waals surface area contributed by atoms with E-state index < -0.39 is 32.5 Å². The van der Waals surface area contributed by atoms with Crippen LogP contribution in [0.15, 0.2) is 24.3 Å². The molecule has 0 radical (unpaired) electrons. The van der Waals surface area contributed by atoms with E-state index in [0.717, 1.165) is 44.9 Å². The summed E-state index contributed by atoms with van der Waals surface area (Å²) in [5.74, 6) is -0.883. The van der Waals surface area contributed by atoms with Gasteiger partial charge in [-0.05, 0) is 64.2 Å². The molecule has 0 saturated heterocycles. The van der Waals surface area contributed by atoms with Crippen molar-refractivity contribution in [3.8, 4) is 0 Å². The van der Waals surface area contributed by atoms with Gasteiger partial charge in [0.05, 0.1) is 6.61 Å². The van der Waals surface area contributed by atoms with E-state index in [9.17, 15) is 14.2 Å². The maximum Gasteiger partial charge on any atom is 0.469 e. The first kappa shape index (κ1) is 52.5. The Bertz CT molecular complexity index is 931. The first-order chi connectivity index (χ1) is 26.3. The number of carbonyl (C=O) groups is 2. The number of allylic oxidation sites excluding steroid dienone is 4. The molecule has 0 aliphatic rings. The monoisotopic (exact) mass is 785 g/mol. The minimum absolute atomic E-state index is 0.209. The summed E-state index contributed by atoms with van der Waals surface area (Å²) in [5, 5.41) is 0. The van der Waals surface area contributed by atoms with Crippen molar-refractivity contribution in [3.63, 3.8) is 0 Å². The molecule has 9 heteroatoms. The molecule has 8 nitrogen and oxygen atoms in total. The summed E-state index contributed by atoms with van der Waals surface area (Å²) >= 11 is 0. The summed E-state index contributed by atoms with van der Waals surface area (Å²) in [6.07, 6.45) is 47.5. The standard InChI is InChI=1S/C45H85O8P/c1-3-5-7-9-11-13-15-17-19-21-22-24-25-27-29-31-33-35-37-39-44(46)51-41-43(42-52-54(48,49)50)53-45(47)40-38-36-34-32-30-28-26-23-20-18-16-14-12-10-8-6-4-2/h17-20,43H,3-16,21-42H2,1-2H3,(H2,48,49,50)/b19-17-,20-18-/t43-/m1/s1. The number of rotatable bonds is 42. The van der Waals surface area contributed by atoms with Gasteiger partial charge in [-0.1, -0.05) is 179 Å². The Kier molecular flexibility index (Phi) is 40.1. The van der Waals surface area contributed by atoms with Crippen LogP contribution in [0.1, 0.15) is 232 Å². The van der Waals surface area contributed by atoms with Crippen LogP contribution in [0, 0.1) is 0 Å². The lowest BCUT2D eigenvalue weighted by molar-refractivity contribution is -0.161. The summed E-state index contributed by atoms with van der Waals surface area (Å²) in [4.78, 5) is 42.9. The maximum absolute atomic E-state index is 12.4. The molecule has 0 bridgehead atoms. The Labute approximate surface area is 332 Å². The zero-order valence-corrected chi connectivity index (χ0v) is 36.0. The van der Waals surface area contributed by atoms with E-state index in [1.165, 1.54) is 154 Å². The lowest BCUT2D eigenvalue weighted by Gasteiger charge is -2.18. The van der Waals surface area contributed by atoms with Gasteiger partial charge in [-0.15, -0.1) is 0 Å². The van der Waals surface area contributed by atoms with Crippen molar-refractivity contribution >= 4 is 19.8 Å². The fraction of sp³-hybridized carbons (Fsp3) is 0.867. The van der Waals surface area contributed by atoms with E-state index in [0.29, 0.717) is 6.42 Å². The van der Waals surface area contributed by atoms with E-state index >= 15 is 0 Å². The number of hydrogen-bond acceptors (Lipinski definition) is 6. The maximum atomic E-state index is 12.4. The number of hydrogen-bond donors (Lipinski definition) is 2. The Morgan fingerprint density at radius 3 is 1.13 bits per heavy atom. The second-order valence-corrected chi connectivity index (χ2v) is 16.6. The van der Waals surface area contributed by atoms with E-state index in [2.05, 4.69) is 42.7 Å². The van der Waals surface area contributed by atoms with Crippen molar-refractivity contribution in [2.75, 3.05) is 13.2 Å². The number of carbonyl (C=O) groups excluding carboxylic acids is 2. The second-order valence-electron chi connectivity index (χ2n) is 15.4. The molecule has 0 aromatic heterocycles. The molecule has 318 valence electrons. The Morgan fingerprint density at radius 2 is 0.778 bits per heavy atom. The van der Waals surface area contributed by atoms with Crippen LogP contribution in [0.3, 0.4) is 0 Å². The Morgan fingerprint density at radius 1 is 0.463 bits per heavy atom. The first-order valence-electron chi connectivity index (χ1n) is 22.6.